The first-order valence-electron chi connectivity index (χ1n) is 13.3. The van der Waals surface area contributed by atoms with E-state index in [-0.39, 0.29) is 50.0 Å². The highest BCUT2D eigenvalue weighted by molar-refractivity contribution is 8.76. The Morgan fingerprint density at radius 1 is 1.11 bits per heavy atom. The van der Waals surface area contributed by atoms with Crippen LogP contribution in [0, 0.1) is 0 Å². The molecule has 3 N–H and O–H groups in total. The summed E-state index contributed by atoms with van der Waals surface area (Å²) >= 11 is 0. The van der Waals surface area contributed by atoms with Crippen molar-refractivity contribution < 1.29 is 43.0 Å². The van der Waals surface area contributed by atoms with Gasteiger partial charge in [-0.2, -0.15) is 0 Å². The van der Waals surface area contributed by atoms with Crippen LogP contribution in [0.5, 0.6) is 0 Å². The summed E-state index contributed by atoms with van der Waals surface area (Å²) in [6, 6.07) is -0.679. The monoisotopic (exact) mass is 600 g/mol. The van der Waals surface area contributed by atoms with Crippen molar-refractivity contribution in [3.05, 3.63) is 0 Å². The average molecular weight is 601 g/mol. The highest BCUT2D eigenvalue weighted by Crippen LogP contribution is 2.47. The van der Waals surface area contributed by atoms with Crippen molar-refractivity contribution in [3.63, 3.8) is 0 Å². The molecule has 2 saturated heterocycles. The van der Waals surface area contributed by atoms with E-state index in [1.54, 1.807) is 21.6 Å². The van der Waals surface area contributed by atoms with Gasteiger partial charge in [-0.1, -0.05) is 28.5 Å². The van der Waals surface area contributed by atoms with Crippen molar-refractivity contribution in [1.82, 2.24) is 9.80 Å². The second kappa shape index (κ2) is 16.9. The van der Waals surface area contributed by atoms with Crippen LogP contribution < -0.4 is 0 Å². The van der Waals surface area contributed by atoms with E-state index >= 15 is 0 Å². The van der Waals surface area contributed by atoms with Crippen LogP contribution >= 0.6 is 29.4 Å². The molecule has 0 aromatic carbocycles. The molecule has 2 unspecified atom stereocenters. The van der Waals surface area contributed by atoms with Crippen molar-refractivity contribution in [2.24, 2.45) is 0 Å². The van der Waals surface area contributed by atoms with Crippen molar-refractivity contribution in [2.75, 3.05) is 37.8 Å². The number of hydrogen-bond donors (Lipinski definition) is 3. The topological polar surface area (TPSA) is 146 Å². The first-order valence-corrected chi connectivity index (χ1v) is 17.3. The van der Waals surface area contributed by atoms with Crippen molar-refractivity contribution >= 4 is 41.1 Å². The molecular formula is C24H45N2O9PS2. The lowest BCUT2D eigenvalue weighted by Gasteiger charge is -2.29. The lowest BCUT2D eigenvalue weighted by atomic mass is 10.2. The molecule has 0 aromatic heterocycles. The normalized spacial score (nSPS) is 26.7. The smallest absolute Gasteiger partial charge is 0.391 e. The number of aliphatic hydroxyl groups is 2. The van der Waals surface area contributed by atoms with Crippen molar-refractivity contribution in [3.8, 4) is 0 Å². The summed E-state index contributed by atoms with van der Waals surface area (Å²) in [5.74, 6) is 1.66. The molecule has 1 amide bonds. The Morgan fingerprint density at radius 2 is 1.82 bits per heavy atom. The lowest BCUT2D eigenvalue weighted by molar-refractivity contribution is -0.130. The molecule has 14 heteroatoms. The molecule has 0 bridgehead atoms. The van der Waals surface area contributed by atoms with Gasteiger partial charge in [0.1, 0.15) is 12.0 Å². The number of carbonyl (C=O) groups is 2. The number of Topliss-reactive ketones (excluding diaryl/α,β-unsaturated/α-hetero) is 1. The van der Waals surface area contributed by atoms with Gasteiger partial charge in [0.25, 0.3) is 0 Å². The van der Waals surface area contributed by atoms with Crippen LogP contribution in [-0.4, -0.2) is 111 Å². The van der Waals surface area contributed by atoms with Crippen LogP contribution in [-0.2, 0) is 27.9 Å². The summed E-state index contributed by atoms with van der Waals surface area (Å²) in [5.41, 5.74) is 0. The fraction of sp³-hybridized carbons (Fsp3) is 0.917. The molecule has 0 saturated carbocycles. The zero-order valence-electron chi connectivity index (χ0n) is 22.9. The molecule has 0 aromatic rings. The maximum atomic E-state index is 12.7. The van der Waals surface area contributed by atoms with E-state index in [1.165, 1.54) is 11.8 Å². The van der Waals surface area contributed by atoms with E-state index in [0.29, 0.717) is 32.3 Å². The predicted molar refractivity (Wildman–Crippen MR) is 149 cm³/mol. The summed E-state index contributed by atoms with van der Waals surface area (Å²) in [5, 5.41) is 20.7. The largest absolute Gasteiger partial charge is 0.472 e. The number of amides is 1. The predicted octanol–water partition coefficient (Wildman–Crippen LogP) is 2.82. The fourth-order valence-electron chi connectivity index (χ4n) is 4.58. The van der Waals surface area contributed by atoms with E-state index < -0.39 is 32.3 Å². The molecule has 2 heterocycles. The minimum Gasteiger partial charge on any atom is -0.391 e. The number of phosphoric acid groups is 1. The molecule has 0 spiro atoms. The number of rotatable bonds is 18. The van der Waals surface area contributed by atoms with E-state index in [2.05, 4.69) is 0 Å². The van der Waals surface area contributed by atoms with Gasteiger partial charge in [0.2, 0.25) is 5.91 Å². The third-order valence-electron chi connectivity index (χ3n) is 6.56. The molecule has 2 aliphatic heterocycles. The minimum atomic E-state index is -4.44. The zero-order valence-corrected chi connectivity index (χ0v) is 25.4. The van der Waals surface area contributed by atoms with Crippen LogP contribution in [0.4, 0.5) is 0 Å². The molecule has 6 atom stereocenters. The van der Waals surface area contributed by atoms with Crippen molar-refractivity contribution in [1.29, 1.82) is 0 Å². The maximum absolute atomic E-state index is 12.7. The van der Waals surface area contributed by atoms with E-state index in [0.717, 1.165) is 17.9 Å². The maximum Gasteiger partial charge on any atom is 0.472 e. The Kier molecular flexibility index (Phi) is 15.1. The molecule has 222 valence electrons. The Morgan fingerprint density at radius 3 is 2.47 bits per heavy atom. The molecule has 2 aliphatic rings. The van der Waals surface area contributed by atoms with Gasteiger partial charge in [-0.15, -0.1) is 0 Å². The van der Waals surface area contributed by atoms with Crippen LogP contribution in [0.2, 0.25) is 0 Å². The van der Waals surface area contributed by atoms with Gasteiger partial charge < -0.3 is 24.7 Å². The van der Waals surface area contributed by atoms with Crippen molar-refractivity contribution in [2.45, 2.75) is 103 Å². The Bertz CT molecular complexity index is 794. The number of ketones is 1. The highest BCUT2D eigenvalue weighted by atomic mass is 33.1. The van der Waals surface area contributed by atoms with E-state index in [9.17, 15) is 29.3 Å². The van der Waals surface area contributed by atoms with Gasteiger partial charge in [0.05, 0.1) is 37.6 Å². The number of carbonyl (C=O) groups excluding carboxylic acids is 2. The number of likely N-dealkylation sites (tertiary alicyclic amines) is 2. The van der Waals surface area contributed by atoms with Crippen LogP contribution in [0.1, 0.15) is 66.2 Å². The van der Waals surface area contributed by atoms with E-state index in [1.807, 2.05) is 25.7 Å². The molecule has 2 fully saturated rings. The molecule has 11 nitrogen and oxygen atoms in total. The number of phosphoric ester groups is 1. The van der Waals surface area contributed by atoms with Gasteiger partial charge in [-0.05, 0) is 39.5 Å². The molecule has 0 radical (unpaired) electrons. The Hall–Kier alpha value is -0.210. The number of hydrogen-bond acceptors (Lipinski definition) is 11. The Balaban J connectivity index is 1.83. The summed E-state index contributed by atoms with van der Waals surface area (Å²) in [7, 11) is -1.08. The number of nitrogens with zero attached hydrogens (tertiary/aromatic N) is 2. The number of aliphatic hydroxyl groups excluding tert-OH is 2. The third kappa shape index (κ3) is 12.1. The molecule has 38 heavy (non-hydrogen) atoms. The van der Waals surface area contributed by atoms with Gasteiger partial charge in [0, 0.05) is 50.4 Å². The first-order chi connectivity index (χ1) is 17.9. The average Bonchev–Trinajstić information content (AvgIpc) is 3.43. The minimum absolute atomic E-state index is 0.000217. The standard InChI is InChI=1S/C24H45N2O9PS2/c1-5-21(28)8-10-38-37-9-6-7-24(30)26-14-23(12-20(26)15-33-17(2)3)35-36(31,32)34-16-19-11-22(29)13-25(19)18(4)27/h17,19-20,22-24,29-30H,5-16H2,1-4H3,(H,31,32)/t19-,20-,22+,23+,24?/m0/s1. The summed E-state index contributed by atoms with van der Waals surface area (Å²) in [4.78, 5) is 36.8. The fourth-order valence-corrected chi connectivity index (χ4v) is 7.67. The third-order valence-corrected chi connectivity index (χ3v) is 10.1. The van der Waals surface area contributed by atoms with Gasteiger partial charge in [-0.3, -0.25) is 23.5 Å². The van der Waals surface area contributed by atoms with E-state index in [4.69, 9.17) is 13.8 Å². The van der Waals surface area contributed by atoms with Gasteiger partial charge >= 0.3 is 7.82 Å². The molecular weight excluding hydrogens is 555 g/mol. The summed E-state index contributed by atoms with van der Waals surface area (Å²) in [6.07, 6.45) is 1.05. The van der Waals surface area contributed by atoms with Crippen LogP contribution in [0.3, 0.4) is 0 Å². The highest BCUT2D eigenvalue weighted by Gasteiger charge is 2.41. The van der Waals surface area contributed by atoms with Gasteiger partial charge in [-0.25, -0.2) is 4.57 Å². The summed E-state index contributed by atoms with van der Waals surface area (Å²) in [6.45, 7) is 7.66. The van der Waals surface area contributed by atoms with Gasteiger partial charge in [0.15, 0.2) is 0 Å². The zero-order chi connectivity index (χ0) is 28.3. The summed E-state index contributed by atoms with van der Waals surface area (Å²) < 4.78 is 29.2. The number of ether oxygens (including phenoxy) is 1. The van der Waals surface area contributed by atoms with Crippen LogP contribution in [0.15, 0.2) is 0 Å². The lowest BCUT2D eigenvalue weighted by Crippen LogP contribution is -2.42. The molecule has 2 rings (SSSR count). The quantitative estimate of drug-likeness (QED) is 0.121. The Labute approximate surface area is 234 Å². The van der Waals surface area contributed by atoms with Crippen LogP contribution in [0.25, 0.3) is 0 Å². The number of β-amino-alcohol motifs (C(OH)–C–C–N with tert-alkyl or cyclic N) is 1. The first kappa shape index (κ1) is 34.0. The SMILES string of the molecule is CCC(=O)CCSSCCCC(O)N1C[C@H](OP(=O)(O)OC[C@@H]2C[C@@H](O)CN2C(C)=O)C[C@H]1COC(C)C. The second-order valence-electron chi connectivity index (χ2n) is 10.1. The second-order valence-corrected chi connectivity index (χ2v) is 14.2. The molecule has 0 aliphatic carbocycles.